The maximum atomic E-state index is 12.8. The molecule has 0 saturated carbocycles. The standard InChI is InChI=1S/C9H11FN2O2/c10-7-5-6(1-2-8(7)13)12-9(14)3-4-11/h1-2,5,13H,3-4,11H2,(H,12,14). The van der Waals surface area contributed by atoms with Crippen LogP contribution in [0.5, 0.6) is 5.75 Å². The molecule has 14 heavy (non-hydrogen) atoms. The van der Waals surface area contributed by atoms with Crippen LogP contribution in [0.2, 0.25) is 0 Å². The van der Waals surface area contributed by atoms with Crippen molar-refractivity contribution in [1.82, 2.24) is 0 Å². The van der Waals surface area contributed by atoms with Crippen LogP contribution in [-0.4, -0.2) is 17.6 Å². The Morgan fingerprint density at radius 2 is 2.29 bits per heavy atom. The number of carbonyl (C=O) groups excluding carboxylic acids is 1. The van der Waals surface area contributed by atoms with E-state index < -0.39 is 11.6 Å². The number of anilines is 1. The lowest BCUT2D eigenvalue weighted by Crippen LogP contribution is -2.16. The molecule has 0 radical (unpaired) electrons. The second-order valence-corrected chi connectivity index (χ2v) is 2.75. The van der Waals surface area contributed by atoms with Crippen LogP contribution in [0.3, 0.4) is 0 Å². The summed E-state index contributed by atoms with van der Waals surface area (Å²) in [5.41, 5.74) is 5.47. The van der Waals surface area contributed by atoms with Crippen LogP contribution in [0.25, 0.3) is 0 Å². The van der Waals surface area contributed by atoms with Gasteiger partial charge < -0.3 is 16.2 Å². The zero-order valence-electron chi connectivity index (χ0n) is 7.46. The first kappa shape index (κ1) is 10.5. The first-order valence-corrected chi connectivity index (χ1v) is 4.12. The van der Waals surface area contributed by atoms with Crippen LogP contribution in [-0.2, 0) is 4.79 Å². The molecule has 0 bridgehead atoms. The lowest BCUT2D eigenvalue weighted by molar-refractivity contribution is -0.116. The monoisotopic (exact) mass is 198 g/mol. The Hall–Kier alpha value is -1.62. The van der Waals surface area contributed by atoms with E-state index in [0.29, 0.717) is 5.69 Å². The molecule has 0 fully saturated rings. The molecule has 1 amide bonds. The van der Waals surface area contributed by atoms with Gasteiger partial charge >= 0.3 is 0 Å². The van der Waals surface area contributed by atoms with Crippen molar-refractivity contribution in [3.8, 4) is 5.75 Å². The molecular weight excluding hydrogens is 187 g/mol. The second-order valence-electron chi connectivity index (χ2n) is 2.75. The van der Waals surface area contributed by atoms with Crippen molar-refractivity contribution in [3.05, 3.63) is 24.0 Å². The molecule has 0 spiro atoms. The molecule has 1 aromatic carbocycles. The molecular formula is C9H11FN2O2. The van der Waals surface area contributed by atoms with Gasteiger partial charge in [-0.15, -0.1) is 0 Å². The number of nitrogens with two attached hydrogens (primary N) is 1. The Labute approximate surface area is 80.5 Å². The molecule has 0 aliphatic carbocycles. The van der Waals surface area contributed by atoms with E-state index in [-0.39, 0.29) is 18.9 Å². The van der Waals surface area contributed by atoms with Gasteiger partial charge in [-0.25, -0.2) is 4.39 Å². The summed E-state index contributed by atoms with van der Waals surface area (Å²) in [6, 6.07) is 3.63. The first-order chi connectivity index (χ1) is 6.63. The van der Waals surface area contributed by atoms with Crippen molar-refractivity contribution in [2.45, 2.75) is 6.42 Å². The molecule has 0 saturated heterocycles. The van der Waals surface area contributed by atoms with Gasteiger partial charge in [-0.3, -0.25) is 4.79 Å². The average molecular weight is 198 g/mol. The van der Waals surface area contributed by atoms with Crippen LogP contribution in [0.1, 0.15) is 6.42 Å². The van der Waals surface area contributed by atoms with Crippen molar-refractivity contribution < 1.29 is 14.3 Å². The third kappa shape index (κ3) is 2.70. The van der Waals surface area contributed by atoms with Crippen molar-refractivity contribution in [2.75, 3.05) is 11.9 Å². The van der Waals surface area contributed by atoms with E-state index in [1.165, 1.54) is 12.1 Å². The van der Waals surface area contributed by atoms with Crippen molar-refractivity contribution in [2.24, 2.45) is 5.73 Å². The van der Waals surface area contributed by atoms with Gasteiger partial charge in [0.1, 0.15) is 0 Å². The predicted molar refractivity (Wildman–Crippen MR) is 50.4 cm³/mol. The summed E-state index contributed by atoms with van der Waals surface area (Å²) in [6.07, 6.45) is 0.183. The highest BCUT2D eigenvalue weighted by Gasteiger charge is 2.04. The van der Waals surface area contributed by atoms with Crippen molar-refractivity contribution in [1.29, 1.82) is 0 Å². The molecule has 5 heteroatoms. The van der Waals surface area contributed by atoms with E-state index in [9.17, 15) is 9.18 Å². The second kappa shape index (κ2) is 4.57. The van der Waals surface area contributed by atoms with Gasteiger partial charge in [0.25, 0.3) is 0 Å². The summed E-state index contributed by atoms with van der Waals surface area (Å²) in [5.74, 6) is -1.49. The van der Waals surface area contributed by atoms with Crippen LogP contribution in [0.4, 0.5) is 10.1 Å². The van der Waals surface area contributed by atoms with E-state index in [1.807, 2.05) is 0 Å². The smallest absolute Gasteiger partial charge is 0.225 e. The number of rotatable bonds is 3. The molecule has 0 aromatic heterocycles. The normalized spacial score (nSPS) is 9.86. The molecule has 4 nitrogen and oxygen atoms in total. The topological polar surface area (TPSA) is 75.4 Å². The summed E-state index contributed by atoms with van der Waals surface area (Å²) in [4.78, 5) is 11.0. The van der Waals surface area contributed by atoms with Gasteiger partial charge in [0, 0.05) is 24.7 Å². The van der Waals surface area contributed by atoms with Gasteiger partial charge in [0.2, 0.25) is 5.91 Å². The molecule has 76 valence electrons. The van der Waals surface area contributed by atoms with E-state index >= 15 is 0 Å². The fraction of sp³-hybridized carbons (Fsp3) is 0.222. The maximum absolute atomic E-state index is 12.8. The van der Waals surface area contributed by atoms with Gasteiger partial charge in [0.05, 0.1) is 0 Å². The number of aromatic hydroxyl groups is 1. The average Bonchev–Trinajstić information content (AvgIpc) is 2.12. The Kier molecular flexibility index (Phi) is 3.41. The highest BCUT2D eigenvalue weighted by molar-refractivity contribution is 5.90. The number of nitrogens with one attached hydrogen (secondary N) is 1. The number of benzene rings is 1. The third-order valence-electron chi connectivity index (χ3n) is 1.60. The number of carbonyl (C=O) groups is 1. The summed E-state index contributed by atoms with van der Waals surface area (Å²) < 4.78 is 12.8. The minimum atomic E-state index is -0.768. The zero-order valence-corrected chi connectivity index (χ0v) is 7.46. The quantitative estimate of drug-likeness (QED) is 0.629. The number of phenolic OH excluding ortho intramolecular Hbond substituents is 1. The van der Waals surface area contributed by atoms with Crippen LogP contribution in [0.15, 0.2) is 18.2 Å². The highest BCUT2D eigenvalue weighted by Crippen LogP contribution is 2.19. The molecule has 0 heterocycles. The molecule has 0 aliphatic heterocycles. The van der Waals surface area contributed by atoms with Gasteiger partial charge in [0.15, 0.2) is 11.6 Å². The number of amides is 1. The van der Waals surface area contributed by atoms with Crippen molar-refractivity contribution in [3.63, 3.8) is 0 Å². The SMILES string of the molecule is NCCC(=O)Nc1ccc(O)c(F)c1. The summed E-state index contributed by atoms with van der Waals surface area (Å²) >= 11 is 0. The van der Waals surface area contributed by atoms with Gasteiger partial charge in [-0.2, -0.15) is 0 Å². The van der Waals surface area contributed by atoms with E-state index in [2.05, 4.69) is 5.32 Å². The van der Waals surface area contributed by atoms with Gasteiger partial charge in [-0.05, 0) is 12.1 Å². The summed E-state index contributed by atoms with van der Waals surface area (Å²) in [5, 5.41) is 11.3. The van der Waals surface area contributed by atoms with Crippen LogP contribution >= 0.6 is 0 Å². The molecule has 1 rings (SSSR count). The van der Waals surface area contributed by atoms with E-state index in [0.717, 1.165) is 6.07 Å². The highest BCUT2D eigenvalue weighted by atomic mass is 19.1. The fourth-order valence-electron chi connectivity index (χ4n) is 0.939. The maximum Gasteiger partial charge on any atom is 0.225 e. The van der Waals surface area contributed by atoms with Gasteiger partial charge in [-0.1, -0.05) is 0 Å². The number of phenols is 1. The molecule has 0 atom stereocenters. The zero-order chi connectivity index (χ0) is 10.6. The minimum absolute atomic E-state index is 0.183. The number of hydrogen-bond donors (Lipinski definition) is 3. The molecule has 0 unspecified atom stereocenters. The Morgan fingerprint density at radius 1 is 1.57 bits per heavy atom. The Bertz CT molecular complexity index is 342. The lowest BCUT2D eigenvalue weighted by Gasteiger charge is -2.04. The molecule has 0 aliphatic rings. The first-order valence-electron chi connectivity index (χ1n) is 4.12. The van der Waals surface area contributed by atoms with Crippen molar-refractivity contribution >= 4 is 11.6 Å². The summed E-state index contributed by atoms with van der Waals surface area (Å²) in [7, 11) is 0. The third-order valence-corrected chi connectivity index (χ3v) is 1.60. The van der Waals surface area contributed by atoms with E-state index in [4.69, 9.17) is 10.8 Å². The number of halogens is 1. The number of hydrogen-bond acceptors (Lipinski definition) is 3. The molecule has 4 N–H and O–H groups in total. The van der Waals surface area contributed by atoms with E-state index in [1.54, 1.807) is 0 Å². The largest absolute Gasteiger partial charge is 0.505 e. The molecule has 1 aromatic rings. The fourth-order valence-corrected chi connectivity index (χ4v) is 0.939. The van der Waals surface area contributed by atoms with Crippen LogP contribution in [0, 0.1) is 5.82 Å². The Morgan fingerprint density at radius 3 is 2.86 bits per heavy atom. The Balaban J connectivity index is 2.68. The van der Waals surface area contributed by atoms with Crippen LogP contribution < -0.4 is 11.1 Å². The lowest BCUT2D eigenvalue weighted by atomic mass is 10.3. The minimum Gasteiger partial charge on any atom is -0.505 e. The summed E-state index contributed by atoms with van der Waals surface area (Å²) in [6.45, 7) is 0.242. The predicted octanol–water partition coefficient (Wildman–Crippen LogP) is 0.819.